The molecule has 1 aromatic heterocycles. The van der Waals surface area contributed by atoms with Crippen molar-refractivity contribution in [2.24, 2.45) is 5.73 Å². The molecule has 7 nitrogen and oxygen atoms in total. The lowest BCUT2D eigenvalue weighted by Crippen LogP contribution is -2.21. The molecule has 3 aromatic rings. The van der Waals surface area contributed by atoms with Crippen molar-refractivity contribution in [1.82, 2.24) is 20.2 Å². The lowest BCUT2D eigenvalue weighted by molar-refractivity contribution is 0.0936. The third-order valence-corrected chi connectivity index (χ3v) is 3.49. The van der Waals surface area contributed by atoms with Gasteiger partial charge in [0, 0.05) is 12.5 Å². The van der Waals surface area contributed by atoms with Crippen LogP contribution >= 0.6 is 0 Å². The number of nitrogens with zero attached hydrogens (tertiary/aromatic N) is 4. The van der Waals surface area contributed by atoms with E-state index in [1.165, 1.54) is 12.1 Å². The molecule has 0 spiro atoms. The first kappa shape index (κ1) is 14.9. The van der Waals surface area contributed by atoms with Gasteiger partial charge in [0.25, 0.3) is 5.91 Å². The van der Waals surface area contributed by atoms with Crippen LogP contribution in [0.25, 0.3) is 0 Å². The van der Waals surface area contributed by atoms with Crippen LogP contribution in [0.5, 0.6) is 5.75 Å². The zero-order valence-electron chi connectivity index (χ0n) is 12.2. The van der Waals surface area contributed by atoms with Gasteiger partial charge in [-0.05, 0) is 28.1 Å². The van der Waals surface area contributed by atoms with Gasteiger partial charge >= 0.3 is 0 Å². The molecule has 23 heavy (non-hydrogen) atoms. The first-order valence-electron chi connectivity index (χ1n) is 7.07. The molecule has 0 amide bonds. The maximum Gasteiger partial charge on any atom is 0.285 e. The van der Waals surface area contributed by atoms with Crippen LogP contribution < -0.4 is 5.73 Å². The van der Waals surface area contributed by atoms with Crippen molar-refractivity contribution < 1.29 is 9.90 Å². The Labute approximate surface area is 132 Å². The molecule has 0 aliphatic rings. The van der Waals surface area contributed by atoms with Gasteiger partial charge in [-0.15, -0.1) is 5.10 Å². The molecule has 116 valence electrons. The summed E-state index contributed by atoms with van der Waals surface area (Å²) in [5.41, 5.74) is 7.22. The molecule has 1 unspecified atom stereocenters. The molecule has 7 heteroatoms. The lowest BCUT2D eigenvalue weighted by atomic mass is 10.0. The number of carbonyl (C=O) groups is 1. The van der Waals surface area contributed by atoms with Crippen LogP contribution in [0.1, 0.15) is 27.8 Å². The van der Waals surface area contributed by atoms with E-state index in [2.05, 4.69) is 15.5 Å². The summed E-state index contributed by atoms with van der Waals surface area (Å²) in [5, 5.41) is 21.0. The third-order valence-electron chi connectivity index (χ3n) is 3.49. The highest BCUT2D eigenvalue weighted by molar-refractivity contribution is 5.97. The van der Waals surface area contributed by atoms with E-state index in [-0.39, 0.29) is 17.4 Å². The molecule has 2 aromatic carbocycles. The number of hydrogen-bond acceptors (Lipinski definition) is 6. The summed E-state index contributed by atoms with van der Waals surface area (Å²) in [5.74, 6) is -0.274. The smallest absolute Gasteiger partial charge is 0.285 e. The average molecular weight is 309 g/mol. The van der Waals surface area contributed by atoms with Gasteiger partial charge in [-0.1, -0.05) is 42.5 Å². The summed E-state index contributed by atoms with van der Waals surface area (Å²) in [4.78, 5) is 12.5. The Balaban J connectivity index is 1.85. The number of carbonyl (C=O) groups excluding carboxylic acids is 1. The number of rotatable bonds is 4. The van der Waals surface area contributed by atoms with E-state index in [1.807, 2.05) is 30.3 Å². The Morgan fingerprint density at radius 2 is 1.83 bits per heavy atom. The molecule has 0 aliphatic carbocycles. The molecular formula is C16H15N5O2. The minimum absolute atomic E-state index is 0.119. The van der Waals surface area contributed by atoms with Gasteiger partial charge in [-0.3, -0.25) is 4.79 Å². The second kappa shape index (κ2) is 6.37. The monoisotopic (exact) mass is 309 g/mol. The molecule has 0 aliphatic heterocycles. The van der Waals surface area contributed by atoms with E-state index in [4.69, 9.17) is 5.73 Å². The standard InChI is InChI=1S/C16H15N5O2/c17-13(11-6-2-1-3-7-11)10-15-18-19-20-21(15)16(23)12-8-4-5-9-14(12)22/h1-9,13,22H,10,17H2. The Bertz CT molecular complexity index is 816. The largest absolute Gasteiger partial charge is 0.507 e. The number of aromatic nitrogens is 4. The van der Waals surface area contributed by atoms with Gasteiger partial charge in [-0.2, -0.15) is 4.68 Å². The van der Waals surface area contributed by atoms with Gasteiger partial charge in [0.1, 0.15) is 5.75 Å². The summed E-state index contributed by atoms with van der Waals surface area (Å²) in [6.07, 6.45) is 0.302. The summed E-state index contributed by atoms with van der Waals surface area (Å²) in [6, 6.07) is 15.4. The Hall–Kier alpha value is -3.06. The number of phenols is 1. The predicted molar refractivity (Wildman–Crippen MR) is 82.7 cm³/mol. The van der Waals surface area contributed by atoms with E-state index in [1.54, 1.807) is 12.1 Å². The minimum atomic E-state index is -0.497. The zero-order chi connectivity index (χ0) is 16.2. The second-order valence-electron chi connectivity index (χ2n) is 5.05. The van der Waals surface area contributed by atoms with E-state index >= 15 is 0 Å². The zero-order valence-corrected chi connectivity index (χ0v) is 12.2. The van der Waals surface area contributed by atoms with Crippen LogP contribution in [0.4, 0.5) is 0 Å². The first-order chi connectivity index (χ1) is 11.2. The van der Waals surface area contributed by atoms with E-state index in [0.29, 0.717) is 12.2 Å². The van der Waals surface area contributed by atoms with Crippen molar-refractivity contribution in [2.45, 2.75) is 12.5 Å². The molecule has 3 rings (SSSR count). The van der Waals surface area contributed by atoms with Crippen LogP contribution in [0.15, 0.2) is 54.6 Å². The average Bonchev–Trinajstić information content (AvgIpc) is 3.03. The Morgan fingerprint density at radius 1 is 1.13 bits per heavy atom. The predicted octanol–water partition coefficient (Wildman–Crippen LogP) is 1.31. The Morgan fingerprint density at radius 3 is 2.57 bits per heavy atom. The van der Waals surface area contributed by atoms with Crippen molar-refractivity contribution in [1.29, 1.82) is 0 Å². The third kappa shape index (κ3) is 3.09. The van der Waals surface area contributed by atoms with Gasteiger partial charge in [0.2, 0.25) is 0 Å². The summed E-state index contributed by atoms with van der Waals surface area (Å²) in [7, 11) is 0. The summed E-state index contributed by atoms with van der Waals surface area (Å²) >= 11 is 0. The normalized spacial score (nSPS) is 12.0. The number of hydrogen-bond donors (Lipinski definition) is 2. The quantitative estimate of drug-likeness (QED) is 0.704. The first-order valence-corrected chi connectivity index (χ1v) is 7.07. The highest BCUT2D eigenvalue weighted by Gasteiger charge is 2.20. The molecule has 1 atom stereocenters. The molecule has 0 saturated carbocycles. The highest BCUT2D eigenvalue weighted by atomic mass is 16.3. The number of para-hydroxylation sites is 1. The van der Waals surface area contributed by atoms with Crippen molar-refractivity contribution in [2.75, 3.05) is 0 Å². The Kier molecular flexibility index (Phi) is 4.11. The molecular weight excluding hydrogens is 294 g/mol. The van der Waals surface area contributed by atoms with Crippen LogP contribution in [0.3, 0.4) is 0 Å². The van der Waals surface area contributed by atoms with Crippen LogP contribution in [-0.4, -0.2) is 31.2 Å². The summed E-state index contributed by atoms with van der Waals surface area (Å²) < 4.78 is 1.07. The highest BCUT2D eigenvalue weighted by Crippen LogP contribution is 2.18. The topological polar surface area (TPSA) is 107 Å². The molecule has 0 radical (unpaired) electrons. The number of tetrazole rings is 1. The van der Waals surface area contributed by atoms with Crippen LogP contribution in [-0.2, 0) is 6.42 Å². The number of phenolic OH excluding ortho intramolecular Hbond substituents is 1. The molecule has 0 bridgehead atoms. The fraction of sp³-hybridized carbons (Fsp3) is 0.125. The van der Waals surface area contributed by atoms with Gasteiger partial charge in [0.15, 0.2) is 5.82 Å². The van der Waals surface area contributed by atoms with E-state index < -0.39 is 5.91 Å². The number of benzene rings is 2. The molecule has 0 fully saturated rings. The number of aromatic hydroxyl groups is 1. The summed E-state index contributed by atoms with van der Waals surface area (Å²) in [6.45, 7) is 0. The lowest BCUT2D eigenvalue weighted by Gasteiger charge is -2.11. The molecule has 1 heterocycles. The van der Waals surface area contributed by atoms with Gasteiger partial charge in [0.05, 0.1) is 5.56 Å². The SMILES string of the molecule is NC(Cc1nnnn1C(=O)c1ccccc1O)c1ccccc1. The van der Waals surface area contributed by atoms with Gasteiger partial charge in [-0.25, -0.2) is 0 Å². The fourth-order valence-electron chi connectivity index (χ4n) is 2.27. The van der Waals surface area contributed by atoms with Crippen molar-refractivity contribution in [3.05, 3.63) is 71.5 Å². The molecule has 0 saturated heterocycles. The van der Waals surface area contributed by atoms with Crippen molar-refractivity contribution in [3.63, 3.8) is 0 Å². The van der Waals surface area contributed by atoms with Crippen LogP contribution in [0, 0.1) is 0 Å². The van der Waals surface area contributed by atoms with Crippen molar-refractivity contribution >= 4 is 5.91 Å². The van der Waals surface area contributed by atoms with E-state index in [9.17, 15) is 9.90 Å². The van der Waals surface area contributed by atoms with Gasteiger partial charge < -0.3 is 10.8 Å². The maximum atomic E-state index is 12.5. The maximum absolute atomic E-state index is 12.5. The van der Waals surface area contributed by atoms with Crippen molar-refractivity contribution in [3.8, 4) is 5.75 Å². The molecule has 3 N–H and O–H groups in total. The second-order valence-corrected chi connectivity index (χ2v) is 5.05. The fourth-order valence-corrected chi connectivity index (χ4v) is 2.27. The minimum Gasteiger partial charge on any atom is -0.507 e. The van der Waals surface area contributed by atoms with Crippen LogP contribution in [0.2, 0.25) is 0 Å². The number of nitrogens with two attached hydrogens (primary N) is 1. The van der Waals surface area contributed by atoms with E-state index in [0.717, 1.165) is 10.2 Å².